The third-order valence-electron chi connectivity index (χ3n) is 2.79. The maximum Gasteiger partial charge on any atom is 0.433 e. The summed E-state index contributed by atoms with van der Waals surface area (Å²) in [5, 5.41) is 5.35. The molecule has 112 valence electrons. The normalized spacial score (nSPS) is 11.3. The maximum absolute atomic E-state index is 12.8. The first-order chi connectivity index (χ1) is 9.90. The molecule has 0 aliphatic rings. The molecule has 0 atom stereocenters. The van der Waals surface area contributed by atoms with E-state index in [-0.39, 0.29) is 18.3 Å². The van der Waals surface area contributed by atoms with Crippen molar-refractivity contribution in [3.05, 3.63) is 41.3 Å². The fraction of sp³-hybridized carbons (Fsp3) is 0.308. The number of alkyl halides is 3. The molecule has 2 rings (SSSR count). The predicted molar refractivity (Wildman–Crippen MR) is 72.9 cm³/mol. The predicted octanol–water partition coefficient (Wildman–Crippen LogP) is 2.85. The summed E-state index contributed by atoms with van der Waals surface area (Å²) in [4.78, 5) is 11.5. The molecular formula is C13H14F3N5. The first-order valence-corrected chi connectivity index (χ1v) is 6.18. The quantitative estimate of drug-likeness (QED) is 0.908. The molecule has 2 aromatic rings. The summed E-state index contributed by atoms with van der Waals surface area (Å²) in [6, 6.07) is 4.55. The zero-order chi connectivity index (χ0) is 15.5. The van der Waals surface area contributed by atoms with E-state index in [1.807, 2.05) is 13.0 Å². The Labute approximate surface area is 119 Å². The highest BCUT2D eigenvalue weighted by atomic mass is 19.4. The Morgan fingerprint density at radius 3 is 2.62 bits per heavy atom. The van der Waals surface area contributed by atoms with E-state index in [1.165, 1.54) is 7.05 Å². The van der Waals surface area contributed by atoms with Crippen LogP contribution in [-0.4, -0.2) is 22.0 Å². The van der Waals surface area contributed by atoms with Crippen molar-refractivity contribution in [2.75, 3.05) is 17.7 Å². The molecule has 0 amide bonds. The van der Waals surface area contributed by atoms with Gasteiger partial charge in [0.15, 0.2) is 5.69 Å². The van der Waals surface area contributed by atoms with Crippen molar-refractivity contribution >= 4 is 11.8 Å². The first-order valence-electron chi connectivity index (χ1n) is 6.18. The highest BCUT2D eigenvalue weighted by Gasteiger charge is 2.33. The van der Waals surface area contributed by atoms with Crippen LogP contribution in [0.25, 0.3) is 0 Å². The lowest BCUT2D eigenvalue weighted by atomic mass is 10.2. The van der Waals surface area contributed by atoms with Gasteiger partial charge in [-0.25, -0.2) is 4.98 Å². The number of aryl methyl sites for hydroxylation is 1. The fourth-order valence-electron chi connectivity index (χ4n) is 1.67. The molecule has 8 heteroatoms. The minimum Gasteiger partial charge on any atom is -0.364 e. The van der Waals surface area contributed by atoms with Crippen LogP contribution in [0.5, 0.6) is 0 Å². The van der Waals surface area contributed by atoms with E-state index < -0.39 is 11.9 Å². The van der Waals surface area contributed by atoms with Crippen LogP contribution in [0.1, 0.15) is 17.0 Å². The van der Waals surface area contributed by atoms with Crippen molar-refractivity contribution in [3.8, 4) is 0 Å². The van der Waals surface area contributed by atoms with Gasteiger partial charge in [-0.1, -0.05) is 6.07 Å². The molecule has 0 spiro atoms. The lowest BCUT2D eigenvalue weighted by Crippen LogP contribution is -2.13. The van der Waals surface area contributed by atoms with Gasteiger partial charge >= 0.3 is 6.18 Å². The van der Waals surface area contributed by atoms with Crippen LogP contribution in [0.3, 0.4) is 0 Å². The molecule has 2 heterocycles. The highest BCUT2D eigenvalue weighted by Crippen LogP contribution is 2.29. The SMILES string of the molecule is CNc1nc(NCc2ncccc2C)cc(C(F)(F)F)n1. The van der Waals surface area contributed by atoms with Crippen molar-refractivity contribution in [1.29, 1.82) is 0 Å². The topological polar surface area (TPSA) is 62.7 Å². The van der Waals surface area contributed by atoms with Crippen LogP contribution in [0.15, 0.2) is 24.4 Å². The van der Waals surface area contributed by atoms with E-state index in [0.29, 0.717) is 0 Å². The van der Waals surface area contributed by atoms with Gasteiger partial charge in [-0.3, -0.25) is 4.98 Å². The zero-order valence-corrected chi connectivity index (χ0v) is 11.5. The van der Waals surface area contributed by atoms with E-state index in [0.717, 1.165) is 17.3 Å². The number of halogens is 3. The molecule has 0 aliphatic carbocycles. The Bertz CT molecular complexity index is 627. The molecule has 5 nitrogen and oxygen atoms in total. The number of anilines is 2. The first kappa shape index (κ1) is 15.0. The van der Waals surface area contributed by atoms with Crippen LogP contribution < -0.4 is 10.6 Å². The number of hydrogen-bond acceptors (Lipinski definition) is 5. The number of aromatic nitrogens is 3. The van der Waals surface area contributed by atoms with E-state index in [9.17, 15) is 13.2 Å². The lowest BCUT2D eigenvalue weighted by Gasteiger charge is -2.12. The van der Waals surface area contributed by atoms with E-state index >= 15 is 0 Å². The van der Waals surface area contributed by atoms with Crippen LogP contribution >= 0.6 is 0 Å². The Morgan fingerprint density at radius 2 is 2.00 bits per heavy atom. The maximum atomic E-state index is 12.8. The number of nitrogens with one attached hydrogen (secondary N) is 2. The van der Waals surface area contributed by atoms with Gasteiger partial charge < -0.3 is 10.6 Å². The van der Waals surface area contributed by atoms with E-state index in [1.54, 1.807) is 12.3 Å². The second-order valence-corrected chi connectivity index (χ2v) is 4.33. The molecule has 0 aliphatic heterocycles. The highest BCUT2D eigenvalue weighted by molar-refractivity contribution is 5.43. The van der Waals surface area contributed by atoms with E-state index in [4.69, 9.17) is 0 Å². The van der Waals surface area contributed by atoms with Gasteiger partial charge in [0.05, 0.1) is 12.2 Å². The molecule has 0 aromatic carbocycles. The fourth-order valence-corrected chi connectivity index (χ4v) is 1.67. The second-order valence-electron chi connectivity index (χ2n) is 4.33. The molecule has 0 fully saturated rings. The molecular weight excluding hydrogens is 283 g/mol. The summed E-state index contributed by atoms with van der Waals surface area (Å²) in [5.41, 5.74) is 0.696. The second kappa shape index (κ2) is 5.94. The smallest absolute Gasteiger partial charge is 0.364 e. The largest absolute Gasteiger partial charge is 0.433 e. The van der Waals surface area contributed by atoms with Crippen molar-refractivity contribution < 1.29 is 13.2 Å². The minimum absolute atomic E-state index is 0.0896. The van der Waals surface area contributed by atoms with Gasteiger partial charge in [0.2, 0.25) is 5.95 Å². The zero-order valence-electron chi connectivity index (χ0n) is 11.5. The average Bonchev–Trinajstić information content (AvgIpc) is 2.45. The molecule has 0 saturated carbocycles. The van der Waals surface area contributed by atoms with Gasteiger partial charge in [-0.05, 0) is 18.6 Å². The summed E-state index contributed by atoms with van der Waals surface area (Å²) in [5.74, 6) is -0.00297. The lowest BCUT2D eigenvalue weighted by molar-refractivity contribution is -0.141. The average molecular weight is 297 g/mol. The Morgan fingerprint density at radius 1 is 1.24 bits per heavy atom. The minimum atomic E-state index is -4.52. The third kappa shape index (κ3) is 3.80. The van der Waals surface area contributed by atoms with Gasteiger partial charge in [-0.2, -0.15) is 18.2 Å². The molecule has 0 bridgehead atoms. The molecule has 21 heavy (non-hydrogen) atoms. The summed E-state index contributed by atoms with van der Waals surface area (Å²) >= 11 is 0. The van der Waals surface area contributed by atoms with Gasteiger partial charge in [0.1, 0.15) is 5.82 Å². The standard InChI is InChI=1S/C13H14F3N5/c1-8-4-3-5-18-9(8)7-19-11-6-10(13(14,15)16)20-12(17-2)21-11/h3-6H,7H2,1-2H3,(H2,17,19,20,21). The summed E-state index contributed by atoms with van der Waals surface area (Å²) < 4.78 is 38.3. The van der Waals surface area contributed by atoms with Crippen LogP contribution in [-0.2, 0) is 12.7 Å². The Balaban J connectivity index is 2.22. The van der Waals surface area contributed by atoms with Crippen molar-refractivity contribution in [2.45, 2.75) is 19.6 Å². The number of rotatable bonds is 4. The van der Waals surface area contributed by atoms with Crippen LogP contribution in [0.4, 0.5) is 24.9 Å². The summed E-state index contributed by atoms with van der Waals surface area (Å²) in [6.07, 6.45) is -2.89. The molecule has 2 aromatic heterocycles. The number of pyridine rings is 1. The van der Waals surface area contributed by atoms with Gasteiger partial charge in [0.25, 0.3) is 0 Å². The summed E-state index contributed by atoms with van der Waals surface area (Å²) in [7, 11) is 1.46. The van der Waals surface area contributed by atoms with Crippen molar-refractivity contribution in [1.82, 2.24) is 15.0 Å². The number of nitrogens with zero attached hydrogens (tertiary/aromatic N) is 3. The summed E-state index contributed by atoms with van der Waals surface area (Å²) in [6.45, 7) is 2.16. The van der Waals surface area contributed by atoms with Crippen LogP contribution in [0, 0.1) is 6.92 Å². The Kier molecular flexibility index (Phi) is 4.25. The van der Waals surface area contributed by atoms with E-state index in [2.05, 4.69) is 25.6 Å². The van der Waals surface area contributed by atoms with Gasteiger partial charge in [0, 0.05) is 19.3 Å². The molecule has 0 radical (unpaired) electrons. The van der Waals surface area contributed by atoms with Gasteiger partial charge in [-0.15, -0.1) is 0 Å². The monoisotopic (exact) mass is 297 g/mol. The molecule has 0 unspecified atom stereocenters. The molecule has 0 saturated heterocycles. The van der Waals surface area contributed by atoms with Crippen LogP contribution in [0.2, 0.25) is 0 Å². The number of hydrogen-bond donors (Lipinski definition) is 2. The third-order valence-corrected chi connectivity index (χ3v) is 2.79. The van der Waals surface area contributed by atoms with Crippen molar-refractivity contribution in [2.24, 2.45) is 0 Å². The Hall–Kier alpha value is -2.38. The molecule has 2 N–H and O–H groups in total. The van der Waals surface area contributed by atoms with Crippen molar-refractivity contribution in [3.63, 3.8) is 0 Å².